The lowest BCUT2D eigenvalue weighted by Crippen LogP contribution is -2.10. The molecule has 0 saturated carbocycles. The van der Waals surface area contributed by atoms with Gasteiger partial charge in [-0.2, -0.15) is 5.10 Å². The molecule has 136 valence electrons. The number of anilines is 1. The summed E-state index contributed by atoms with van der Waals surface area (Å²) >= 11 is 10.9. The van der Waals surface area contributed by atoms with Crippen LogP contribution in [0.1, 0.15) is 20.9 Å². The van der Waals surface area contributed by atoms with Gasteiger partial charge in [-0.25, -0.2) is 4.68 Å². The van der Waals surface area contributed by atoms with Crippen molar-refractivity contribution < 1.29 is 4.79 Å². The van der Waals surface area contributed by atoms with E-state index in [9.17, 15) is 4.79 Å². The van der Waals surface area contributed by atoms with E-state index < -0.39 is 0 Å². The first kappa shape index (κ1) is 18.2. The van der Waals surface area contributed by atoms with E-state index in [4.69, 9.17) is 11.6 Å². The predicted octanol–water partition coefficient (Wildman–Crippen LogP) is 6.37. The molecule has 0 atom stereocenters. The molecule has 4 nitrogen and oxygen atoms in total. The quantitative estimate of drug-likeness (QED) is 0.386. The SMILES string of the molecule is Cc1ccc(NC(=O)c2cc3c(C)nn(-c4ccc(Cl)cc4)c3s2)c(Br)c1. The number of rotatable bonds is 3. The molecule has 1 N–H and O–H groups in total. The number of fused-ring (bicyclic) bond motifs is 1. The van der Waals surface area contributed by atoms with Crippen LogP contribution in [0.3, 0.4) is 0 Å². The second kappa shape index (κ2) is 7.11. The summed E-state index contributed by atoms with van der Waals surface area (Å²) in [6, 6.07) is 15.2. The third-order valence-corrected chi connectivity index (χ3v) is 6.23. The molecule has 1 amide bonds. The molecule has 2 heterocycles. The lowest BCUT2D eigenvalue weighted by atomic mass is 10.2. The molecule has 0 unspecified atom stereocenters. The Bertz CT molecular complexity index is 1160. The number of aryl methyl sites for hydroxylation is 2. The van der Waals surface area contributed by atoms with Crippen molar-refractivity contribution in [3.63, 3.8) is 0 Å². The van der Waals surface area contributed by atoms with E-state index in [1.54, 1.807) is 0 Å². The number of hydrogen-bond donors (Lipinski definition) is 1. The van der Waals surface area contributed by atoms with Crippen LogP contribution in [-0.2, 0) is 0 Å². The minimum Gasteiger partial charge on any atom is -0.320 e. The van der Waals surface area contributed by atoms with Crippen molar-refractivity contribution in [2.24, 2.45) is 0 Å². The first-order valence-electron chi connectivity index (χ1n) is 8.25. The van der Waals surface area contributed by atoms with Crippen molar-refractivity contribution in [2.75, 3.05) is 5.32 Å². The zero-order chi connectivity index (χ0) is 19.1. The largest absolute Gasteiger partial charge is 0.320 e. The summed E-state index contributed by atoms with van der Waals surface area (Å²) in [6.45, 7) is 3.95. The van der Waals surface area contributed by atoms with Crippen LogP contribution in [0.2, 0.25) is 5.02 Å². The highest BCUT2D eigenvalue weighted by molar-refractivity contribution is 9.10. The molecule has 2 aromatic carbocycles. The van der Waals surface area contributed by atoms with Gasteiger partial charge in [0.1, 0.15) is 4.83 Å². The second-order valence-corrected chi connectivity index (χ2v) is 8.56. The zero-order valence-corrected chi connectivity index (χ0v) is 17.7. The van der Waals surface area contributed by atoms with Crippen LogP contribution >= 0.6 is 38.9 Å². The molecule has 0 bridgehead atoms. The number of halogens is 2. The summed E-state index contributed by atoms with van der Waals surface area (Å²) in [6.07, 6.45) is 0. The van der Waals surface area contributed by atoms with Gasteiger partial charge in [0.25, 0.3) is 5.91 Å². The van der Waals surface area contributed by atoms with Crippen molar-refractivity contribution >= 4 is 60.7 Å². The van der Waals surface area contributed by atoms with Gasteiger partial charge in [-0.1, -0.05) is 17.7 Å². The lowest BCUT2D eigenvalue weighted by Gasteiger charge is -2.07. The number of hydrogen-bond acceptors (Lipinski definition) is 3. The van der Waals surface area contributed by atoms with Crippen molar-refractivity contribution in [3.05, 3.63) is 74.2 Å². The van der Waals surface area contributed by atoms with Crippen LogP contribution in [0.15, 0.2) is 53.0 Å². The van der Waals surface area contributed by atoms with Crippen LogP contribution in [0.25, 0.3) is 15.9 Å². The van der Waals surface area contributed by atoms with E-state index in [0.717, 1.165) is 37.3 Å². The summed E-state index contributed by atoms with van der Waals surface area (Å²) in [4.78, 5) is 14.3. The molecule has 0 radical (unpaired) electrons. The molecule has 4 aromatic rings. The van der Waals surface area contributed by atoms with Gasteiger partial charge in [0.2, 0.25) is 0 Å². The fourth-order valence-corrected chi connectivity index (χ4v) is 4.62. The maximum Gasteiger partial charge on any atom is 0.265 e. The number of nitrogens with one attached hydrogen (secondary N) is 1. The fraction of sp³-hybridized carbons (Fsp3) is 0.100. The van der Waals surface area contributed by atoms with Gasteiger partial charge in [0, 0.05) is 14.9 Å². The third kappa shape index (κ3) is 3.52. The Labute approximate surface area is 173 Å². The summed E-state index contributed by atoms with van der Waals surface area (Å²) in [5.74, 6) is -0.136. The molecule has 0 fully saturated rings. The monoisotopic (exact) mass is 459 g/mol. The first-order chi connectivity index (χ1) is 12.9. The molecule has 0 saturated heterocycles. The first-order valence-corrected chi connectivity index (χ1v) is 10.2. The van der Waals surface area contributed by atoms with Crippen molar-refractivity contribution in [1.29, 1.82) is 0 Å². The fourth-order valence-electron chi connectivity index (χ4n) is 2.82. The Morgan fingerprint density at radius 3 is 2.59 bits per heavy atom. The third-order valence-electron chi connectivity index (χ3n) is 4.21. The van der Waals surface area contributed by atoms with Crippen LogP contribution < -0.4 is 5.32 Å². The summed E-state index contributed by atoms with van der Waals surface area (Å²) in [5, 5.41) is 9.22. The Morgan fingerprint density at radius 1 is 1.15 bits per heavy atom. The van der Waals surface area contributed by atoms with Crippen LogP contribution in [0.4, 0.5) is 5.69 Å². The molecular weight excluding hydrogens is 446 g/mol. The highest BCUT2D eigenvalue weighted by atomic mass is 79.9. The van der Waals surface area contributed by atoms with Crippen molar-refractivity contribution in [3.8, 4) is 5.69 Å². The number of aromatic nitrogens is 2. The molecule has 0 aliphatic rings. The van der Waals surface area contributed by atoms with Crippen LogP contribution in [-0.4, -0.2) is 15.7 Å². The molecular formula is C20H15BrClN3OS. The van der Waals surface area contributed by atoms with Crippen molar-refractivity contribution in [1.82, 2.24) is 9.78 Å². The summed E-state index contributed by atoms with van der Waals surface area (Å²) in [7, 11) is 0. The van der Waals surface area contributed by atoms with E-state index >= 15 is 0 Å². The van der Waals surface area contributed by atoms with E-state index in [1.807, 2.05) is 67.1 Å². The average Bonchev–Trinajstić information content (AvgIpc) is 3.19. The number of nitrogens with zero attached hydrogens (tertiary/aromatic N) is 2. The van der Waals surface area contributed by atoms with E-state index in [0.29, 0.717) is 9.90 Å². The van der Waals surface area contributed by atoms with E-state index in [-0.39, 0.29) is 5.91 Å². The number of carbonyl (C=O) groups excluding carboxylic acids is 1. The Kier molecular flexibility index (Phi) is 4.80. The molecule has 4 rings (SSSR count). The minimum absolute atomic E-state index is 0.136. The van der Waals surface area contributed by atoms with Gasteiger partial charge in [-0.05, 0) is 77.8 Å². The highest BCUT2D eigenvalue weighted by Crippen LogP contribution is 2.32. The van der Waals surface area contributed by atoms with Gasteiger partial charge >= 0.3 is 0 Å². The number of thiophene rings is 1. The van der Waals surface area contributed by atoms with E-state index in [2.05, 4.69) is 26.3 Å². The maximum absolute atomic E-state index is 12.8. The lowest BCUT2D eigenvalue weighted by molar-refractivity contribution is 0.103. The topological polar surface area (TPSA) is 46.9 Å². The van der Waals surface area contributed by atoms with Gasteiger partial charge in [0.05, 0.1) is 21.9 Å². The maximum atomic E-state index is 12.8. The molecule has 2 aromatic heterocycles. The average molecular weight is 461 g/mol. The molecule has 27 heavy (non-hydrogen) atoms. The zero-order valence-electron chi connectivity index (χ0n) is 14.6. The Hall–Kier alpha value is -2.15. The van der Waals surface area contributed by atoms with E-state index in [1.165, 1.54) is 11.3 Å². The predicted molar refractivity (Wildman–Crippen MR) is 116 cm³/mol. The standard InChI is InChI=1S/C20H15BrClN3OS/c1-11-3-8-17(16(21)9-11)23-19(26)18-10-15-12(2)24-25(20(15)27-18)14-6-4-13(22)5-7-14/h3-10H,1-2H3,(H,23,26). The second-order valence-electron chi connectivity index (χ2n) is 6.24. The number of benzene rings is 2. The molecule has 0 aliphatic heterocycles. The molecule has 0 aliphatic carbocycles. The van der Waals surface area contributed by atoms with Crippen LogP contribution in [0, 0.1) is 13.8 Å². The number of carbonyl (C=O) groups is 1. The van der Waals surface area contributed by atoms with Gasteiger partial charge in [0.15, 0.2) is 0 Å². The molecule has 7 heteroatoms. The van der Waals surface area contributed by atoms with Gasteiger partial charge in [-0.15, -0.1) is 11.3 Å². The Morgan fingerprint density at radius 2 is 1.89 bits per heavy atom. The summed E-state index contributed by atoms with van der Waals surface area (Å²) in [5.41, 5.74) is 3.67. The smallest absolute Gasteiger partial charge is 0.265 e. The van der Waals surface area contributed by atoms with Crippen LogP contribution in [0.5, 0.6) is 0 Å². The summed E-state index contributed by atoms with van der Waals surface area (Å²) < 4.78 is 2.71. The normalized spacial score (nSPS) is 11.1. The Balaban J connectivity index is 1.70. The van der Waals surface area contributed by atoms with Gasteiger partial charge in [-0.3, -0.25) is 4.79 Å². The van der Waals surface area contributed by atoms with Gasteiger partial charge < -0.3 is 5.32 Å². The minimum atomic E-state index is -0.136. The van der Waals surface area contributed by atoms with Crippen molar-refractivity contribution in [2.45, 2.75) is 13.8 Å². The molecule has 0 spiro atoms. The number of amides is 1. The highest BCUT2D eigenvalue weighted by Gasteiger charge is 2.18.